The maximum absolute atomic E-state index is 11.7. The summed E-state index contributed by atoms with van der Waals surface area (Å²) in [6.07, 6.45) is 1.41. The molecule has 1 aromatic heterocycles. The smallest absolute Gasteiger partial charge is 0.289 e. The normalized spacial score (nSPS) is 10.1. The molecule has 4 heteroatoms. The molecule has 0 bridgehead atoms. The molecule has 0 fully saturated rings. The van der Waals surface area contributed by atoms with E-state index in [0.29, 0.717) is 0 Å². The van der Waals surface area contributed by atoms with Crippen LogP contribution in [0.25, 0.3) is 5.69 Å². The highest BCUT2D eigenvalue weighted by Crippen LogP contribution is 2.11. The van der Waals surface area contributed by atoms with Crippen molar-refractivity contribution in [3.8, 4) is 11.8 Å². The van der Waals surface area contributed by atoms with E-state index in [9.17, 15) is 4.79 Å². The van der Waals surface area contributed by atoms with Gasteiger partial charge < -0.3 is 0 Å². The zero-order valence-electron chi connectivity index (χ0n) is 9.11. The van der Waals surface area contributed by atoms with Gasteiger partial charge in [-0.25, -0.2) is 4.68 Å². The second kappa shape index (κ2) is 3.70. The Labute approximate surface area is 92.7 Å². The van der Waals surface area contributed by atoms with E-state index in [1.54, 1.807) is 0 Å². The SMILES string of the molecule is Cc1ccc(-n2[nH]cc(C#N)c2=O)cc1C. The average molecular weight is 213 g/mol. The highest BCUT2D eigenvalue weighted by atomic mass is 16.1. The van der Waals surface area contributed by atoms with Crippen LogP contribution in [0.4, 0.5) is 0 Å². The van der Waals surface area contributed by atoms with Crippen molar-refractivity contribution < 1.29 is 0 Å². The lowest BCUT2D eigenvalue weighted by atomic mass is 10.1. The van der Waals surface area contributed by atoms with Crippen LogP contribution in [0.15, 0.2) is 29.2 Å². The molecular formula is C12H11N3O. The number of aromatic amines is 1. The maximum Gasteiger partial charge on any atom is 0.289 e. The minimum absolute atomic E-state index is 0.123. The van der Waals surface area contributed by atoms with E-state index in [-0.39, 0.29) is 11.1 Å². The number of nitrogens with zero attached hydrogens (tertiary/aromatic N) is 2. The summed E-state index contributed by atoms with van der Waals surface area (Å²) in [6.45, 7) is 4.00. The molecule has 0 atom stereocenters. The highest BCUT2D eigenvalue weighted by molar-refractivity contribution is 5.40. The van der Waals surface area contributed by atoms with E-state index in [2.05, 4.69) is 5.10 Å². The number of hydrogen-bond donors (Lipinski definition) is 1. The molecule has 1 heterocycles. The summed E-state index contributed by atoms with van der Waals surface area (Å²) in [5.74, 6) is 0. The Kier molecular flexibility index (Phi) is 2.37. The summed E-state index contributed by atoms with van der Waals surface area (Å²) >= 11 is 0. The third-order valence-corrected chi connectivity index (χ3v) is 2.64. The number of nitrogens with one attached hydrogen (secondary N) is 1. The van der Waals surface area contributed by atoms with Crippen LogP contribution in [0, 0.1) is 25.2 Å². The first-order valence-electron chi connectivity index (χ1n) is 4.91. The lowest BCUT2D eigenvalue weighted by molar-refractivity contribution is 0.847. The van der Waals surface area contributed by atoms with Gasteiger partial charge in [-0.1, -0.05) is 6.07 Å². The maximum atomic E-state index is 11.7. The van der Waals surface area contributed by atoms with Crippen LogP contribution in [0.5, 0.6) is 0 Å². The molecule has 0 unspecified atom stereocenters. The molecule has 0 amide bonds. The summed E-state index contributed by atoms with van der Waals surface area (Å²) in [7, 11) is 0. The standard InChI is InChI=1S/C12H11N3O/c1-8-3-4-11(5-9(8)2)15-12(16)10(6-13)7-14-15/h3-5,7,14H,1-2H3. The fourth-order valence-corrected chi connectivity index (χ4v) is 1.51. The monoisotopic (exact) mass is 213 g/mol. The van der Waals surface area contributed by atoms with Crippen LogP contribution in [-0.2, 0) is 0 Å². The van der Waals surface area contributed by atoms with Gasteiger partial charge in [-0.2, -0.15) is 5.26 Å². The van der Waals surface area contributed by atoms with Crippen molar-refractivity contribution in [1.82, 2.24) is 9.78 Å². The Hall–Kier alpha value is -2.28. The van der Waals surface area contributed by atoms with Gasteiger partial charge >= 0.3 is 0 Å². The molecule has 0 aliphatic carbocycles. The van der Waals surface area contributed by atoms with E-state index >= 15 is 0 Å². The van der Waals surface area contributed by atoms with Crippen molar-refractivity contribution in [2.45, 2.75) is 13.8 Å². The van der Waals surface area contributed by atoms with Gasteiger partial charge in [-0.3, -0.25) is 9.89 Å². The third-order valence-electron chi connectivity index (χ3n) is 2.64. The molecule has 0 spiro atoms. The minimum atomic E-state index is -0.314. The number of aromatic nitrogens is 2. The van der Waals surface area contributed by atoms with E-state index in [0.717, 1.165) is 11.3 Å². The number of benzene rings is 1. The van der Waals surface area contributed by atoms with Crippen LogP contribution in [0.2, 0.25) is 0 Å². The van der Waals surface area contributed by atoms with Crippen LogP contribution >= 0.6 is 0 Å². The number of hydrogen-bond acceptors (Lipinski definition) is 2. The first-order chi connectivity index (χ1) is 7.63. The van der Waals surface area contributed by atoms with Crippen LogP contribution in [0.3, 0.4) is 0 Å². The molecule has 0 saturated carbocycles. The molecule has 0 aliphatic rings. The van der Waals surface area contributed by atoms with Gasteiger partial charge in [0.05, 0.1) is 5.69 Å². The average Bonchev–Trinajstić information content (AvgIpc) is 2.64. The van der Waals surface area contributed by atoms with Gasteiger partial charge in [0, 0.05) is 6.20 Å². The molecule has 80 valence electrons. The minimum Gasteiger partial charge on any atom is -0.297 e. The van der Waals surface area contributed by atoms with Crippen molar-refractivity contribution >= 4 is 0 Å². The van der Waals surface area contributed by atoms with Gasteiger partial charge in [0.15, 0.2) is 0 Å². The predicted molar refractivity (Wildman–Crippen MR) is 60.6 cm³/mol. The van der Waals surface area contributed by atoms with E-state index in [1.165, 1.54) is 16.4 Å². The summed E-state index contributed by atoms with van der Waals surface area (Å²) in [5.41, 5.74) is 2.83. The van der Waals surface area contributed by atoms with Crippen LogP contribution in [-0.4, -0.2) is 9.78 Å². The number of H-pyrrole nitrogens is 1. The summed E-state index contributed by atoms with van der Waals surface area (Å²) in [6, 6.07) is 7.55. The van der Waals surface area contributed by atoms with Crippen LogP contribution < -0.4 is 5.56 Å². The fourth-order valence-electron chi connectivity index (χ4n) is 1.51. The van der Waals surface area contributed by atoms with Gasteiger partial charge in [0.2, 0.25) is 0 Å². The predicted octanol–water partition coefficient (Wildman–Crippen LogP) is 1.65. The number of rotatable bonds is 1. The van der Waals surface area contributed by atoms with E-state index < -0.39 is 0 Å². The zero-order valence-corrected chi connectivity index (χ0v) is 9.11. The molecule has 2 rings (SSSR count). The Morgan fingerprint density at radius 2 is 2.06 bits per heavy atom. The van der Waals surface area contributed by atoms with Gasteiger partial charge in [-0.05, 0) is 37.1 Å². The number of nitriles is 1. The topological polar surface area (TPSA) is 61.6 Å². The Morgan fingerprint density at radius 3 is 2.62 bits per heavy atom. The Morgan fingerprint density at radius 1 is 1.31 bits per heavy atom. The zero-order chi connectivity index (χ0) is 11.7. The van der Waals surface area contributed by atoms with Crippen molar-refractivity contribution in [3.63, 3.8) is 0 Å². The Balaban J connectivity index is 2.60. The molecule has 2 aromatic rings. The number of aryl methyl sites for hydroxylation is 2. The van der Waals surface area contributed by atoms with Crippen molar-refractivity contribution in [3.05, 3.63) is 51.4 Å². The molecule has 0 aliphatic heterocycles. The lowest BCUT2D eigenvalue weighted by Crippen LogP contribution is -2.16. The molecule has 1 N–H and O–H groups in total. The Bertz CT molecular complexity index is 628. The quantitative estimate of drug-likeness (QED) is 0.783. The highest BCUT2D eigenvalue weighted by Gasteiger charge is 2.07. The summed E-state index contributed by atoms with van der Waals surface area (Å²) < 4.78 is 1.37. The van der Waals surface area contributed by atoms with E-state index in [1.807, 2.05) is 38.1 Å². The van der Waals surface area contributed by atoms with Crippen LogP contribution in [0.1, 0.15) is 16.7 Å². The van der Waals surface area contributed by atoms with E-state index in [4.69, 9.17) is 5.26 Å². The molecule has 1 aromatic carbocycles. The molecule has 4 nitrogen and oxygen atoms in total. The van der Waals surface area contributed by atoms with Crippen molar-refractivity contribution in [1.29, 1.82) is 5.26 Å². The molecule has 0 saturated heterocycles. The van der Waals surface area contributed by atoms with Gasteiger partial charge in [-0.15, -0.1) is 0 Å². The second-order valence-electron chi connectivity index (χ2n) is 3.71. The molecular weight excluding hydrogens is 202 g/mol. The third kappa shape index (κ3) is 1.52. The van der Waals surface area contributed by atoms with Gasteiger partial charge in [0.25, 0.3) is 5.56 Å². The van der Waals surface area contributed by atoms with Crippen molar-refractivity contribution in [2.24, 2.45) is 0 Å². The summed E-state index contributed by atoms with van der Waals surface area (Å²) in [5, 5.41) is 11.5. The first-order valence-corrected chi connectivity index (χ1v) is 4.91. The molecule has 0 radical (unpaired) electrons. The first kappa shape index (κ1) is 10.2. The fraction of sp³-hybridized carbons (Fsp3) is 0.167. The summed E-state index contributed by atoms with van der Waals surface area (Å²) in [4.78, 5) is 11.7. The second-order valence-corrected chi connectivity index (χ2v) is 3.71. The van der Waals surface area contributed by atoms with Gasteiger partial charge in [0.1, 0.15) is 11.6 Å². The largest absolute Gasteiger partial charge is 0.297 e. The molecule has 16 heavy (non-hydrogen) atoms. The lowest BCUT2D eigenvalue weighted by Gasteiger charge is -2.04. The van der Waals surface area contributed by atoms with Crippen molar-refractivity contribution in [2.75, 3.05) is 0 Å².